The molecule has 1 heterocycles. The van der Waals surface area contributed by atoms with Crippen LogP contribution in [0.1, 0.15) is 17.4 Å². The number of hydrogen-bond acceptors (Lipinski definition) is 6. The predicted molar refractivity (Wildman–Crippen MR) is 67.2 cm³/mol. The van der Waals surface area contributed by atoms with E-state index in [0.717, 1.165) is 0 Å². The molecule has 0 saturated carbocycles. The molecule has 0 radical (unpaired) electrons. The number of ether oxygens (including phenoxy) is 1. The smallest absolute Gasteiger partial charge is 0.360 e. The van der Waals surface area contributed by atoms with E-state index in [-0.39, 0.29) is 28.7 Å². The van der Waals surface area contributed by atoms with Crippen LogP contribution in [0, 0.1) is 10.1 Å². The lowest BCUT2D eigenvalue weighted by atomic mass is 10.2. The maximum Gasteiger partial charge on any atom is 0.360 e. The van der Waals surface area contributed by atoms with E-state index < -0.39 is 10.9 Å². The summed E-state index contributed by atoms with van der Waals surface area (Å²) in [4.78, 5) is 29.6. The van der Waals surface area contributed by atoms with Crippen LogP contribution in [0.3, 0.4) is 0 Å². The van der Waals surface area contributed by atoms with Gasteiger partial charge in [-0.1, -0.05) is 11.6 Å². The fraction of sp³-hybridized carbons (Fsp3) is 0.182. The Hall–Kier alpha value is -2.28. The number of carbonyl (C=O) groups is 1. The van der Waals surface area contributed by atoms with E-state index in [1.807, 2.05) is 0 Å². The molecule has 0 aliphatic heterocycles. The van der Waals surface area contributed by atoms with Crippen LogP contribution in [0.4, 0.5) is 5.69 Å². The Morgan fingerprint density at radius 1 is 1.42 bits per heavy atom. The largest absolute Gasteiger partial charge is 0.461 e. The number of benzene rings is 1. The molecular weight excluding hydrogens is 274 g/mol. The molecule has 0 fully saturated rings. The van der Waals surface area contributed by atoms with Gasteiger partial charge in [-0.25, -0.2) is 14.8 Å². The van der Waals surface area contributed by atoms with Crippen LogP contribution in [0.15, 0.2) is 18.2 Å². The van der Waals surface area contributed by atoms with Crippen molar-refractivity contribution in [1.82, 2.24) is 9.97 Å². The minimum Gasteiger partial charge on any atom is -0.461 e. The number of rotatable bonds is 3. The van der Waals surface area contributed by atoms with Gasteiger partial charge in [0, 0.05) is 12.1 Å². The predicted octanol–water partition coefficient (Wildman–Crippen LogP) is 2.37. The molecule has 0 atom stereocenters. The van der Waals surface area contributed by atoms with Crippen molar-refractivity contribution in [2.45, 2.75) is 6.92 Å². The lowest BCUT2D eigenvalue weighted by molar-refractivity contribution is -0.384. The third-order valence-corrected chi connectivity index (χ3v) is 2.55. The molecule has 2 aromatic rings. The fourth-order valence-electron chi connectivity index (χ4n) is 1.46. The van der Waals surface area contributed by atoms with Gasteiger partial charge in [0.1, 0.15) is 0 Å². The first kappa shape index (κ1) is 13.2. The molecule has 7 nitrogen and oxygen atoms in total. The number of halogens is 1. The number of esters is 1. The van der Waals surface area contributed by atoms with Crippen LogP contribution in [0.2, 0.25) is 5.15 Å². The number of nitrogens with zero attached hydrogens (tertiary/aromatic N) is 3. The first-order chi connectivity index (χ1) is 9.02. The molecule has 19 heavy (non-hydrogen) atoms. The molecule has 2 rings (SSSR count). The second kappa shape index (κ2) is 5.15. The molecule has 0 amide bonds. The van der Waals surface area contributed by atoms with Crippen LogP contribution in [-0.4, -0.2) is 27.5 Å². The van der Waals surface area contributed by atoms with Crippen molar-refractivity contribution >= 4 is 34.3 Å². The van der Waals surface area contributed by atoms with Crippen molar-refractivity contribution in [1.29, 1.82) is 0 Å². The number of fused-ring (bicyclic) bond motifs is 1. The molecule has 1 aromatic heterocycles. The molecule has 0 spiro atoms. The van der Waals surface area contributed by atoms with Gasteiger partial charge in [0.05, 0.1) is 22.6 Å². The van der Waals surface area contributed by atoms with Crippen molar-refractivity contribution in [2.75, 3.05) is 6.61 Å². The van der Waals surface area contributed by atoms with Crippen LogP contribution < -0.4 is 0 Å². The average Bonchev–Trinajstić information content (AvgIpc) is 2.37. The molecule has 8 heteroatoms. The van der Waals surface area contributed by atoms with E-state index in [2.05, 4.69) is 9.97 Å². The van der Waals surface area contributed by atoms with Crippen molar-refractivity contribution in [3.63, 3.8) is 0 Å². The Kier molecular flexibility index (Phi) is 3.57. The second-order valence-electron chi connectivity index (χ2n) is 3.51. The Morgan fingerprint density at radius 2 is 2.16 bits per heavy atom. The SMILES string of the molecule is CCOC(=O)c1nc2cc([N+](=O)[O-])ccc2nc1Cl. The lowest BCUT2D eigenvalue weighted by Crippen LogP contribution is -2.09. The summed E-state index contributed by atoms with van der Waals surface area (Å²) >= 11 is 5.83. The summed E-state index contributed by atoms with van der Waals surface area (Å²) in [6, 6.07) is 3.93. The maximum atomic E-state index is 11.6. The van der Waals surface area contributed by atoms with Gasteiger partial charge in [0.2, 0.25) is 0 Å². The Bertz CT molecular complexity index is 674. The molecule has 0 aliphatic rings. The minimum atomic E-state index is -0.714. The van der Waals surface area contributed by atoms with Crippen molar-refractivity contribution < 1.29 is 14.5 Å². The van der Waals surface area contributed by atoms with Crippen molar-refractivity contribution in [3.05, 3.63) is 39.2 Å². The zero-order chi connectivity index (χ0) is 14.0. The molecule has 0 unspecified atom stereocenters. The normalized spacial score (nSPS) is 10.4. The highest BCUT2D eigenvalue weighted by Crippen LogP contribution is 2.21. The van der Waals surface area contributed by atoms with Gasteiger partial charge in [-0.15, -0.1) is 0 Å². The number of hydrogen-bond donors (Lipinski definition) is 0. The van der Waals surface area contributed by atoms with Gasteiger partial charge in [0.25, 0.3) is 5.69 Å². The number of aromatic nitrogens is 2. The van der Waals surface area contributed by atoms with E-state index in [1.165, 1.54) is 18.2 Å². The standard InChI is InChI=1S/C11H8ClN3O4/c1-2-19-11(16)9-10(12)14-7-4-3-6(15(17)18)5-8(7)13-9/h3-5H,2H2,1H3. The number of nitro benzene ring substituents is 1. The van der Waals surface area contributed by atoms with E-state index in [1.54, 1.807) is 6.92 Å². The summed E-state index contributed by atoms with van der Waals surface area (Å²) in [5, 5.41) is 10.6. The third-order valence-electron chi connectivity index (χ3n) is 2.28. The summed E-state index contributed by atoms with van der Waals surface area (Å²) in [7, 11) is 0. The first-order valence-electron chi connectivity index (χ1n) is 5.31. The fourth-order valence-corrected chi connectivity index (χ4v) is 1.67. The van der Waals surface area contributed by atoms with Gasteiger partial charge in [-0.3, -0.25) is 10.1 Å². The van der Waals surface area contributed by atoms with Crippen molar-refractivity contribution in [2.24, 2.45) is 0 Å². The Morgan fingerprint density at radius 3 is 2.79 bits per heavy atom. The summed E-state index contributed by atoms with van der Waals surface area (Å²) in [6.07, 6.45) is 0. The molecule has 0 aliphatic carbocycles. The lowest BCUT2D eigenvalue weighted by Gasteiger charge is -2.04. The number of non-ortho nitro benzene ring substituents is 1. The molecule has 1 aromatic carbocycles. The van der Waals surface area contributed by atoms with Gasteiger partial charge >= 0.3 is 5.97 Å². The molecule has 0 saturated heterocycles. The molecule has 0 bridgehead atoms. The third kappa shape index (κ3) is 2.60. The Labute approximate surface area is 112 Å². The van der Waals surface area contributed by atoms with Crippen LogP contribution in [0.25, 0.3) is 11.0 Å². The molecular formula is C11H8ClN3O4. The molecule has 0 N–H and O–H groups in total. The second-order valence-corrected chi connectivity index (χ2v) is 3.87. The van der Waals surface area contributed by atoms with Crippen molar-refractivity contribution in [3.8, 4) is 0 Å². The van der Waals surface area contributed by atoms with Gasteiger partial charge in [-0.05, 0) is 13.0 Å². The summed E-state index contributed by atoms with van der Waals surface area (Å²) in [6.45, 7) is 1.81. The van der Waals surface area contributed by atoms with Crippen LogP contribution >= 0.6 is 11.6 Å². The van der Waals surface area contributed by atoms with E-state index in [9.17, 15) is 14.9 Å². The van der Waals surface area contributed by atoms with E-state index in [4.69, 9.17) is 16.3 Å². The highest BCUT2D eigenvalue weighted by atomic mass is 35.5. The maximum absolute atomic E-state index is 11.6. The highest BCUT2D eigenvalue weighted by Gasteiger charge is 2.17. The highest BCUT2D eigenvalue weighted by molar-refractivity contribution is 6.32. The van der Waals surface area contributed by atoms with E-state index >= 15 is 0 Å². The zero-order valence-electron chi connectivity index (χ0n) is 9.79. The Balaban J connectivity index is 2.58. The van der Waals surface area contributed by atoms with Gasteiger partial charge in [0.15, 0.2) is 10.8 Å². The minimum absolute atomic E-state index is 0.0974. The van der Waals surface area contributed by atoms with Gasteiger partial charge in [-0.2, -0.15) is 0 Å². The zero-order valence-corrected chi connectivity index (χ0v) is 10.5. The number of carbonyl (C=O) groups excluding carboxylic acids is 1. The topological polar surface area (TPSA) is 95.2 Å². The quantitative estimate of drug-likeness (QED) is 0.487. The van der Waals surface area contributed by atoms with Crippen LogP contribution in [-0.2, 0) is 4.74 Å². The molecule has 98 valence electrons. The first-order valence-corrected chi connectivity index (χ1v) is 5.69. The van der Waals surface area contributed by atoms with E-state index in [0.29, 0.717) is 5.52 Å². The summed E-state index contributed by atoms with van der Waals surface area (Å²) < 4.78 is 4.78. The summed E-state index contributed by atoms with van der Waals surface area (Å²) in [5.74, 6) is -0.714. The number of nitro groups is 1. The van der Waals surface area contributed by atoms with Crippen LogP contribution in [0.5, 0.6) is 0 Å². The summed E-state index contributed by atoms with van der Waals surface area (Å²) in [5.41, 5.74) is 0.278. The monoisotopic (exact) mass is 281 g/mol. The van der Waals surface area contributed by atoms with Gasteiger partial charge < -0.3 is 4.74 Å². The average molecular weight is 282 g/mol.